The number of amidine groups is 1. The van der Waals surface area contributed by atoms with E-state index < -0.39 is 0 Å². The Labute approximate surface area is 200 Å². The maximum Gasteiger partial charge on any atom is 0.284 e. The number of para-hydroxylation sites is 1. The number of anilines is 1. The van der Waals surface area contributed by atoms with E-state index in [1.807, 2.05) is 54.6 Å². The SMILES string of the molecule is COc1cc(C=C2N=C(c3ccccc3)N(c3nc4ccccc4s3)C2=O)cc(OC)c1OC. The van der Waals surface area contributed by atoms with Crippen LogP contribution < -0.4 is 19.1 Å². The average Bonchev–Trinajstić information content (AvgIpc) is 3.44. The van der Waals surface area contributed by atoms with Crippen molar-refractivity contribution in [3.05, 3.63) is 83.6 Å². The van der Waals surface area contributed by atoms with Gasteiger partial charge in [0.25, 0.3) is 5.91 Å². The molecule has 1 aromatic heterocycles. The third-order valence-electron chi connectivity index (χ3n) is 5.36. The van der Waals surface area contributed by atoms with Crippen LogP contribution in [-0.2, 0) is 4.79 Å². The van der Waals surface area contributed by atoms with Crippen molar-refractivity contribution in [1.29, 1.82) is 0 Å². The van der Waals surface area contributed by atoms with Crippen LogP contribution in [0.2, 0.25) is 0 Å². The summed E-state index contributed by atoms with van der Waals surface area (Å²) in [6.45, 7) is 0. The maximum absolute atomic E-state index is 13.6. The summed E-state index contributed by atoms with van der Waals surface area (Å²) >= 11 is 1.45. The molecule has 0 spiro atoms. The quantitative estimate of drug-likeness (QED) is 0.363. The number of thiazole rings is 1. The monoisotopic (exact) mass is 471 g/mol. The molecule has 0 radical (unpaired) electrons. The van der Waals surface area contributed by atoms with Crippen molar-refractivity contribution in [1.82, 2.24) is 4.98 Å². The van der Waals surface area contributed by atoms with E-state index in [0.717, 1.165) is 15.8 Å². The minimum Gasteiger partial charge on any atom is -0.493 e. The Morgan fingerprint density at radius 2 is 1.56 bits per heavy atom. The van der Waals surface area contributed by atoms with E-state index in [1.165, 1.54) is 11.3 Å². The number of carbonyl (C=O) groups excluding carboxylic acids is 1. The molecule has 8 heteroatoms. The van der Waals surface area contributed by atoms with E-state index in [2.05, 4.69) is 0 Å². The molecule has 34 heavy (non-hydrogen) atoms. The lowest BCUT2D eigenvalue weighted by atomic mass is 10.1. The minimum atomic E-state index is -0.258. The van der Waals surface area contributed by atoms with Gasteiger partial charge < -0.3 is 14.2 Å². The van der Waals surface area contributed by atoms with E-state index in [0.29, 0.717) is 33.8 Å². The first-order chi connectivity index (χ1) is 16.6. The van der Waals surface area contributed by atoms with Crippen LogP contribution in [0.4, 0.5) is 5.13 Å². The number of rotatable bonds is 6. The van der Waals surface area contributed by atoms with Gasteiger partial charge in [-0.3, -0.25) is 4.79 Å². The van der Waals surface area contributed by atoms with Crippen LogP contribution in [0.5, 0.6) is 17.2 Å². The summed E-state index contributed by atoms with van der Waals surface area (Å²) in [5.41, 5.74) is 2.64. The summed E-state index contributed by atoms with van der Waals surface area (Å²) in [5.74, 6) is 1.74. The second-order valence-electron chi connectivity index (χ2n) is 7.39. The number of ether oxygens (including phenoxy) is 3. The lowest BCUT2D eigenvalue weighted by molar-refractivity contribution is -0.113. The number of hydrogen-bond acceptors (Lipinski definition) is 7. The molecule has 0 saturated heterocycles. The highest BCUT2D eigenvalue weighted by Gasteiger charge is 2.34. The average molecular weight is 472 g/mol. The van der Waals surface area contributed by atoms with Crippen LogP contribution in [0.15, 0.2) is 77.4 Å². The Morgan fingerprint density at radius 1 is 0.882 bits per heavy atom. The van der Waals surface area contributed by atoms with Gasteiger partial charge in [-0.15, -0.1) is 0 Å². The summed E-state index contributed by atoms with van der Waals surface area (Å²) in [7, 11) is 4.65. The van der Waals surface area contributed by atoms with Gasteiger partial charge in [0.05, 0.1) is 31.5 Å². The van der Waals surface area contributed by atoms with Crippen molar-refractivity contribution < 1.29 is 19.0 Å². The predicted molar refractivity (Wildman–Crippen MR) is 134 cm³/mol. The second-order valence-corrected chi connectivity index (χ2v) is 8.40. The van der Waals surface area contributed by atoms with Crippen LogP contribution in [0, 0.1) is 0 Å². The first-order valence-corrected chi connectivity index (χ1v) is 11.3. The molecular weight excluding hydrogens is 450 g/mol. The van der Waals surface area contributed by atoms with E-state index >= 15 is 0 Å². The van der Waals surface area contributed by atoms with Crippen molar-refractivity contribution in [2.75, 3.05) is 26.2 Å². The number of carbonyl (C=O) groups is 1. The minimum absolute atomic E-state index is 0.258. The predicted octanol–water partition coefficient (Wildman–Crippen LogP) is 5.16. The molecule has 1 aliphatic heterocycles. The smallest absolute Gasteiger partial charge is 0.284 e. The molecule has 170 valence electrons. The fourth-order valence-corrected chi connectivity index (χ4v) is 4.74. The number of fused-ring (bicyclic) bond motifs is 1. The van der Waals surface area contributed by atoms with Crippen LogP contribution in [0.25, 0.3) is 16.3 Å². The molecule has 7 nitrogen and oxygen atoms in total. The van der Waals surface area contributed by atoms with Crippen molar-refractivity contribution in [2.24, 2.45) is 4.99 Å². The zero-order chi connectivity index (χ0) is 23.7. The highest BCUT2D eigenvalue weighted by Crippen LogP contribution is 2.39. The summed E-state index contributed by atoms with van der Waals surface area (Å²) in [4.78, 5) is 24.6. The molecule has 2 heterocycles. The Morgan fingerprint density at radius 3 is 2.21 bits per heavy atom. The van der Waals surface area contributed by atoms with Crippen LogP contribution in [0.3, 0.4) is 0 Å². The molecule has 0 fully saturated rings. The lowest BCUT2D eigenvalue weighted by Gasteiger charge is -2.15. The Balaban J connectivity index is 1.63. The lowest BCUT2D eigenvalue weighted by Crippen LogP contribution is -2.32. The van der Waals surface area contributed by atoms with Gasteiger partial charge in [-0.1, -0.05) is 53.8 Å². The van der Waals surface area contributed by atoms with Crippen molar-refractivity contribution in [2.45, 2.75) is 0 Å². The molecular formula is C26H21N3O4S. The molecule has 3 aromatic carbocycles. The number of aliphatic imine (C=N–C) groups is 1. The van der Waals surface area contributed by atoms with Gasteiger partial charge in [0.2, 0.25) is 5.75 Å². The van der Waals surface area contributed by atoms with Gasteiger partial charge >= 0.3 is 0 Å². The number of amides is 1. The third kappa shape index (κ3) is 3.78. The van der Waals surface area contributed by atoms with Gasteiger partial charge in [0, 0.05) is 5.56 Å². The standard InChI is InChI=1S/C26H21N3O4S/c1-31-20-14-16(15-21(32-2)23(20)33-3)13-19-25(30)29(24(27-19)17-9-5-4-6-10-17)26-28-18-11-7-8-12-22(18)34-26/h4-15H,1-3H3. The van der Waals surface area contributed by atoms with Gasteiger partial charge in [0.1, 0.15) is 11.5 Å². The van der Waals surface area contributed by atoms with Crippen LogP contribution in [-0.4, -0.2) is 38.1 Å². The number of methoxy groups -OCH3 is 3. The van der Waals surface area contributed by atoms with Gasteiger partial charge in [-0.05, 0) is 35.9 Å². The zero-order valence-corrected chi connectivity index (χ0v) is 19.6. The third-order valence-corrected chi connectivity index (χ3v) is 6.38. The molecule has 0 N–H and O–H groups in total. The van der Waals surface area contributed by atoms with Gasteiger partial charge in [0.15, 0.2) is 16.6 Å². The van der Waals surface area contributed by atoms with Crippen molar-refractivity contribution >= 4 is 44.5 Å². The number of aromatic nitrogens is 1. The molecule has 0 atom stereocenters. The molecule has 0 unspecified atom stereocenters. The molecule has 1 amide bonds. The van der Waals surface area contributed by atoms with Crippen LogP contribution in [0.1, 0.15) is 11.1 Å². The first kappa shape index (κ1) is 21.7. The normalized spacial score (nSPS) is 14.6. The van der Waals surface area contributed by atoms with Gasteiger partial charge in [-0.2, -0.15) is 0 Å². The van der Waals surface area contributed by atoms with E-state index in [-0.39, 0.29) is 11.6 Å². The van der Waals surface area contributed by atoms with Crippen molar-refractivity contribution in [3.8, 4) is 17.2 Å². The Hall–Kier alpha value is -4.17. The Bertz CT molecular complexity index is 1380. The van der Waals surface area contributed by atoms with E-state index in [9.17, 15) is 4.79 Å². The largest absolute Gasteiger partial charge is 0.493 e. The van der Waals surface area contributed by atoms with E-state index in [1.54, 1.807) is 44.4 Å². The van der Waals surface area contributed by atoms with Crippen LogP contribution >= 0.6 is 11.3 Å². The number of nitrogens with zero attached hydrogens (tertiary/aromatic N) is 3. The Kier molecular flexibility index (Phi) is 5.73. The summed E-state index contributed by atoms with van der Waals surface area (Å²) in [6, 6.07) is 21.0. The summed E-state index contributed by atoms with van der Waals surface area (Å²) in [6.07, 6.45) is 1.71. The van der Waals surface area contributed by atoms with Crippen molar-refractivity contribution in [3.63, 3.8) is 0 Å². The fraction of sp³-hybridized carbons (Fsp3) is 0.115. The zero-order valence-electron chi connectivity index (χ0n) is 18.8. The fourth-order valence-electron chi connectivity index (χ4n) is 3.77. The summed E-state index contributed by atoms with van der Waals surface area (Å²) < 4.78 is 17.3. The van der Waals surface area contributed by atoms with E-state index in [4.69, 9.17) is 24.2 Å². The second kappa shape index (κ2) is 8.99. The first-order valence-electron chi connectivity index (χ1n) is 10.5. The molecule has 0 saturated carbocycles. The summed E-state index contributed by atoms with van der Waals surface area (Å²) in [5, 5.41) is 0.571. The molecule has 4 aromatic rings. The highest BCUT2D eigenvalue weighted by atomic mass is 32.1. The molecule has 1 aliphatic rings. The number of hydrogen-bond donors (Lipinski definition) is 0. The highest BCUT2D eigenvalue weighted by molar-refractivity contribution is 7.22. The number of benzene rings is 3. The molecule has 5 rings (SSSR count). The molecule has 0 aliphatic carbocycles. The molecule has 0 bridgehead atoms. The topological polar surface area (TPSA) is 73.2 Å². The maximum atomic E-state index is 13.6. The van der Waals surface area contributed by atoms with Gasteiger partial charge in [-0.25, -0.2) is 14.9 Å².